The van der Waals surface area contributed by atoms with Gasteiger partial charge in [0.2, 0.25) is 0 Å². The molecule has 1 N–H and O–H groups in total. The van der Waals surface area contributed by atoms with Crippen molar-refractivity contribution in [2.75, 3.05) is 6.54 Å². The summed E-state index contributed by atoms with van der Waals surface area (Å²) in [6, 6.07) is 0. The van der Waals surface area contributed by atoms with Gasteiger partial charge in [-0.3, -0.25) is 0 Å². The van der Waals surface area contributed by atoms with Crippen LogP contribution in [-0.2, 0) is 0 Å². The number of alkyl halides is 2. The van der Waals surface area contributed by atoms with E-state index in [1.54, 1.807) is 0 Å². The molecule has 2 nitrogen and oxygen atoms in total. The van der Waals surface area contributed by atoms with Crippen LogP contribution in [0.2, 0.25) is 0 Å². The molecule has 0 saturated heterocycles. The number of nitrogens with one attached hydrogen (secondary N) is 1. The first-order chi connectivity index (χ1) is 6.23. The van der Waals surface area contributed by atoms with Gasteiger partial charge in [0.1, 0.15) is 0 Å². The molecule has 0 amide bonds. The smallest absolute Gasteiger partial charge is 0.257 e. The SMILES string of the molecule is FC(F)CN/N=C1/CCC12CCC2. The average molecular weight is 188 g/mol. The maximum Gasteiger partial charge on any atom is 0.257 e. The molecule has 0 aromatic heterocycles. The Morgan fingerprint density at radius 3 is 2.54 bits per heavy atom. The van der Waals surface area contributed by atoms with Gasteiger partial charge in [0.25, 0.3) is 6.43 Å². The molecule has 0 bridgehead atoms. The fourth-order valence-electron chi connectivity index (χ4n) is 2.12. The Balaban J connectivity index is 1.80. The van der Waals surface area contributed by atoms with Crippen molar-refractivity contribution in [3.63, 3.8) is 0 Å². The van der Waals surface area contributed by atoms with Crippen LogP contribution in [0.5, 0.6) is 0 Å². The van der Waals surface area contributed by atoms with Crippen molar-refractivity contribution < 1.29 is 8.78 Å². The van der Waals surface area contributed by atoms with Gasteiger partial charge in [-0.2, -0.15) is 5.10 Å². The molecule has 0 aliphatic heterocycles. The summed E-state index contributed by atoms with van der Waals surface area (Å²) in [5.74, 6) is 0. The van der Waals surface area contributed by atoms with Crippen molar-refractivity contribution in [2.24, 2.45) is 10.5 Å². The lowest BCUT2D eigenvalue weighted by molar-refractivity contribution is 0.144. The van der Waals surface area contributed by atoms with Crippen LogP contribution in [0.1, 0.15) is 32.1 Å². The summed E-state index contributed by atoms with van der Waals surface area (Å²) in [6.45, 7) is -0.320. The van der Waals surface area contributed by atoms with Crippen LogP contribution in [0.4, 0.5) is 8.78 Å². The monoisotopic (exact) mass is 188 g/mol. The van der Waals surface area contributed by atoms with Crippen molar-refractivity contribution >= 4 is 5.71 Å². The van der Waals surface area contributed by atoms with Gasteiger partial charge in [-0.15, -0.1) is 0 Å². The third kappa shape index (κ3) is 1.54. The number of nitrogens with zero attached hydrogens (tertiary/aromatic N) is 1. The van der Waals surface area contributed by atoms with E-state index in [4.69, 9.17) is 0 Å². The molecule has 1 spiro atoms. The molecule has 74 valence electrons. The number of hydrogen-bond acceptors (Lipinski definition) is 2. The molecule has 2 aliphatic rings. The average Bonchev–Trinajstić information content (AvgIpc) is 1.92. The van der Waals surface area contributed by atoms with Gasteiger partial charge in [-0.05, 0) is 25.7 Å². The lowest BCUT2D eigenvalue weighted by atomic mass is 9.55. The van der Waals surface area contributed by atoms with Crippen LogP contribution in [0.15, 0.2) is 5.10 Å². The van der Waals surface area contributed by atoms with Gasteiger partial charge in [-0.25, -0.2) is 8.78 Å². The van der Waals surface area contributed by atoms with E-state index in [0.29, 0.717) is 5.41 Å². The normalized spacial score (nSPS) is 27.5. The second-order valence-corrected chi connectivity index (χ2v) is 3.95. The molecule has 0 radical (unpaired) electrons. The standard InChI is InChI=1S/C9H14F2N2/c10-8(11)6-12-13-7-2-5-9(7)3-1-4-9/h8,12H,1-6H2/b13-7-. The van der Waals surface area contributed by atoms with Crippen molar-refractivity contribution in [1.82, 2.24) is 5.43 Å². The Morgan fingerprint density at radius 1 is 1.38 bits per heavy atom. The number of rotatable bonds is 3. The summed E-state index contributed by atoms with van der Waals surface area (Å²) < 4.78 is 23.5. The second-order valence-electron chi connectivity index (χ2n) is 3.95. The first kappa shape index (κ1) is 8.91. The molecule has 0 heterocycles. The van der Waals surface area contributed by atoms with E-state index in [2.05, 4.69) is 10.5 Å². The molecular weight excluding hydrogens is 174 g/mol. The molecule has 2 fully saturated rings. The molecule has 0 unspecified atom stereocenters. The Labute approximate surface area is 76.4 Å². The Kier molecular flexibility index (Phi) is 2.22. The van der Waals surface area contributed by atoms with Gasteiger partial charge < -0.3 is 5.43 Å². The molecule has 4 heteroatoms. The van der Waals surface area contributed by atoms with E-state index in [-0.39, 0.29) is 6.54 Å². The summed E-state index contributed by atoms with van der Waals surface area (Å²) in [4.78, 5) is 0. The zero-order valence-corrected chi connectivity index (χ0v) is 7.52. The Bertz CT molecular complexity index is 216. The molecule has 2 rings (SSSR count). The topological polar surface area (TPSA) is 24.4 Å². The largest absolute Gasteiger partial charge is 0.304 e. The fraction of sp³-hybridized carbons (Fsp3) is 0.889. The fourth-order valence-corrected chi connectivity index (χ4v) is 2.12. The highest BCUT2D eigenvalue weighted by molar-refractivity contribution is 5.96. The third-order valence-electron chi connectivity index (χ3n) is 3.22. The highest BCUT2D eigenvalue weighted by atomic mass is 19.3. The van der Waals surface area contributed by atoms with Crippen LogP contribution in [0.3, 0.4) is 0 Å². The number of halogens is 2. The van der Waals surface area contributed by atoms with E-state index in [1.807, 2.05) is 0 Å². The second kappa shape index (κ2) is 3.24. The van der Waals surface area contributed by atoms with Crippen molar-refractivity contribution in [1.29, 1.82) is 0 Å². The van der Waals surface area contributed by atoms with Gasteiger partial charge in [0.05, 0.1) is 6.54 Å². The molecule has 0 aromatic rings. The van der Waals surface area contributed by atoms with E-state index < -0.39 is 6.43 Å². The first-order valence-corrected chi connectivity index (χ1v) is 4.81. The third-order valence-corrected chi connectivity index (χ3v) is 3.22. The lowest BCUT2D eigenvalue weighted by Gasteiger charge is -2.50. The van der Waals surface area contributed by atoms with Gasteiger partial charge in [0, 0.05) is 11.1 Å². The van der Waals surface area contributed by atoms with E-state index in [0.717, 1.165) is 12.1 Å². The van der Waals surface area contributed by atoms with Gasteiger partial charge >= 0.3 is 0 Å². The Hall–Kier alpha value is -0.670. The van der Waals surface area contributed by atoms with E-state index in [1.165, 1.54) is 25.7 Å². The first-order valence-electron chi connectivity index (χ1n) is 4.81. The minimum atomic E-state index is -2.30. The highest BCUT2D eigenvalue weighted by Gasteiger charge is 2.48. The van der Waals surface area contributed by atoms with Crippen LogP contribution >= 0.6 is 0 Å². The van der Waals surface area contributed by atoms with Crippen molar-refractivity contribution in [3.05, 3.63) is 0 Å². The number of hydrogen-bond donors (Lipinski definition) is 1. The van der Waals surface area contributed by atoms with Crippen LogP contribution in [0.25, 0.3) is 0 Å². The van der Waals surface area contributed by atoms with Gasteiger partial charge in [0.15, 0.2) is 0 Å². The summed E-state index contributed by atoms with van der Waals surface area (Å²) in [7, 11) is 0. The van der Waals surface area contributed by atoms with Crippen molar-refractivity contribution in [3.8, 4) is 0 Å². The highest BCUT2D eigenvalue weighted by Crippen LogP contribution is 2.53. The van der Waals surface area contributed by atoms with Crippen LogP contribution in [0, 0.1) is 5.41 Å². The summed E-state index contributed by atoms with van der Waals surface area (Å²) in [5, 5.41) is 4.03. The molecule has 13 heavy (non-hydrogen) atoms. The van der Waals surface area contributed by atoms with Crippen LogP contribution < -0.4 is 5.43 Å². The summed E-state index contributed by atoms with van der Waals surface area (Å²) in [5.41, 5.74) is 3.91. The minimum Gasteiger partial charge on any atom is -0.304 e. The minimum absolute atomic E-state index is 0.320. The predicted molar refractivity (Wildman–Crippen MR) is 47.0 cm³/mol. The lowest BCUT2D eigenvalue weighted by Crippen LogP contribution is -2.47. The maximum absolute atomic E-state index is 11.8. The zero-order chi connectivity index (χ0) is 9.31. The Morgan fingerprint density at radius 2 is 2.15 bits per heavy atom. The molecule has 0 aromatic carbocycles. The quantitative estimate of drug-likeness (QED) is 0.674. The molecule has 2 saturated carbocycles. The maximum atomic E-state index is 11.8. The van der Waals surface area contributed by atoms with Crippen molar-refractivity contribution in [2.45, 2.75) is 38.5 Å². The zero-order valence-electron chi connectivity index (χ0n) is 7.52. The predicted octanol–water partition coefficient (Wildman–Crippen LogP) is 2.16. The molecule has 2 aliphatic carbocycles. The summed E-state index contributed by atoms with van der Waals surface area (Å²) >= 11 is 0. The van der Waals surface area contributed by atoms with E-state index >= 15 is 0 Å². The molecular formula is C9H14F2N2. The summed E-state index contributed by atoms with van der Waals surface area (Å²) in [6.07, 6.45) is 3.60. The number of hydrazone groups is 1. The van der Waals surface area contributed by atoms with Gasteiger partial charge in [-0.1, -0.05) is 6.42 Å². The van der Waals surface area contributed by atoms with E-state index in [9.17, 15) is 8.78 Å². The molecule has 0 atom stereocenters. The van der Waals surface area contributed by atoms with Crippen LogP contribution in [-0.4, -0.2) is 18.7 Å².